The Balaban J connectivity index is 2.53. The molecule has 1 aliphatic rings. The second-order valence-electron chi connectivity index (χ2n) is 2.20. The van der Waals surface area contributed by atoms with Gasteiger partial charge in [-0.05, 0) is 0 Å². The Morgan fingerprint density at radius 3 is 2.00 bits per heavy atom. The van der Waals surface area contributed by atoms with Gasteiger partial charge in [0.1, 0.15) is 25.0 Å². The number of aliphatic hydroxyl groups is 3. The first kappa shape index (κ1) is 7.87. The Bertz CT molecular complexity index is 120. The monoisotopic (exact) mass is 152 g/mol. The third kappa shape index (κ3) is 1.13. The van der Waals surface area contributed by atoms with Crippen molar-refractivity contribution < 1.29 is 24.4 Å². The van der Waals surface area contributed by atoms with Crippen molar-refractivity contribution in [3.05, 3.63) is 0 Å². The Labute approximate surface area is 56.9 Å². The molecule has 0 amide bonds. The Kier molecular flexibility index (Phi) is 2.20. The van der Waals surface area contributed by atoms with Crippen LogP contribution in [0.15, 0.2) is 0 Å². The van der Waals surface area contributed by atoms with Gasteiger partial charge in [0, 0.05) is 0 Å². The third-order valence-electron chi connectivity index (χ3n) is 1.49. The fraction of sp³-hybridized carbons (Fsp3) is 1.00. The first-order valence-electron chi connectivity index (χ1n) is 2.92. The van der Waals surface area contributed by atoms with Crippen molar-refractivity contribution in [2.75, 3.05) is 6.67 Å². The lowest BCUT2D eigenvalue weighted by Gasteiger charge is -2.08. The summed E-state index contributed by atoms with van der Waals surface area (Å²) in [6, 6.07) is 0. The summed E-state index contributed by atoms with van der Waals surface area (Å²) in [5.74, 6) is 0. The molecule has 0 spiro atoms. The van der Waals surface area contributed by atoms with Crippen LogP contribution >= 0.6 is 0 Å². The highest BCUT2D eigenvalue weighted by Crippen LogP contribution is 2.19. The minimum atomic E-state index is -1.46. The summed E-state index contributed by atoms with van der Waals surface area (Å²) >= 11 is 0. The summed E-state index contributed by atoms with van der Waals surface area (Å²) in [6.07, 6.45) is -5.26. The molecular weight excluding hydrogens is 143 g/mol. The number of aliphatic hydroxyl groups excluding tert-OH is 3. The van der Waals surface area contributed by atoms with Crippen LogP contribution in [-0.2, 0) is 4.74 Å². The molecule has 0 aromatic heterocycles. The van der Waals surface area contributed by atoms with Crippen molar-refractivity contribution in [2.24, 2.45) is 0 Å². The summed E-state index contributed by atoms with van der Waals surface area (Å²) in [6.45, 7) is -0.907. The van der Waals surface area contributed by atoms with E-state index in [0.717, 1.165) is 0 Å². The molecule has 4 nitrogen and oxygen atoms in total. The molecule has 1 fully saturated rings. The van der Waals surface area contributed by atoms with E-state index in [9.17, 15) is 4.39 Å². The Morgan fingerprint density at radius 2 is 1.80 bits per heavy atom. The summed E-state index contributed by atoms with van der Waals surface area (Å²) in [5, 5.41) is 26.3. The van der Waals surface area contributed by atoms with Gasteiger partial charge in [0.25, 0.3) is 0 Å². The minimum Gasteiger partial charge on any atom is -0.387 e. The van der Waals surface area contributed by atoms with Gasteiger partial charge < -0.3 is 20.1 Å². The fourth-order valence-corrected chi connectivity index (χ4v) is 0.856. The predicted molar refractivity (Wildman–Crippen MR) is 28.9 cm³/mol. The summed E-state index contributed by atoms with van der Waals surface area (Å²) < 4.78 is 16.2. The van der Waals surface area contributed by atoms with E-state index in [1.807, 2.05) is 0 Å². The highest BCUT2D eigenvalue weighted by molar-refractivity contribution is 4.84. The first-order valence-corrected chi connectivity index (χ1v) is 2.92. The van der Waals surface area contributed by atoms with E-state index in [1.165, 1.54) is 0 Å². The smallest absolute Gasteiger partial charge is 0.184 e. The van der Waals surface area contributed by atoms with Gasteiger partial charge in [0.15, 0.2) is 6.29 Å². The molecular formula is C5H9FO4. The van der Waals surface area contributed by atoms with Crippen LogP contribution in [0.5, 0.6) is 0 Å². The van der Waals surface area contributed by atoms with Gasteiger partial charge in [-0.2, -0.15) is 0 Å². The van der Waals surface area contributed by atoms with Crippen molar-refractivity contribution in [1.82, 2.24) is 0 Å². The van der Waals surface area contributed by atoms with Gasteiger partial charge in [0.2, 0.25) is 0 Å². The fourth-order valence-electron chi connectivity index (χ4n) is 0.856. The Hall–Kier alpha value is -0.230. The summed E-state index contributed by atoms with van der Waals surface area (Å²) in [4.78, 5) is 0. The van der Waals surface area contributed by atoms with E-state index in [2.05, 4.69) is 4.74 Å². The van der Waals surface area contributed by atoms with Gasteiger partial charge in [-0.25, -0.2) is 4.39 Å². The number of hydrogen-bond donors (Lipinski definition) is 3. The maximum absolute atomic E-state index is 11.8. The van der Waals surface area contributed by atoms with E-state index in [4.69, 9.17) is 15.3 Å². The van der Waals surface area contributed by atoms with Gasteiger partial charge in [-0.1, -0.05) is 0 Å². The molecule has 1 saturated heterocycles. The lowest BCUT2D eigenvalue weighted by Crippen LogP contribution is -2.33. The molecule has 0 saturated carbocycles. The van der Waals surface area contributed by atoms with E-state index in [-0.39, 0.29) is 0 Å². The molecule has 4 atom stereocenters. The zero-order valence-corrected chi connectivity index (χ0v) is 5.14. The van der Waals surface area contributed by atoms with Crippen molar-refractivity contribution in [2.45, 2.75) is 24.6 Å². The molecule has 0 aromatic rings. The molecule has 1 aliphatic heterocycles. The number of halogens is 1. The van der Waals surface area contributed by atoms with Gasteiger partial charge in [-0.15, -0.1) is 0 Å². The lowest BCUT2D eigenvalue weighted by molar-refractivity contribution is -0.129. The van der Waals surface area contributed by atoms with Crippen LogP contribution in [0.3, 0.4) is 0 Å². The molecule has 1 rings (SSSR count). The molecule has 0 aliphatic carbocycles. The van der Waals surface area contributed by atoms with Crippen LogP contribution in [0.1, 0.15) is 0 Å². The SMILES string of the molecule is OC1O[C@H](CF)C(O)C1O. The largest absolute Gasteiger partial charge is 0.387 e. The summed E-state index contributed by atoms with van der Waals surface area (Å²) in [5.41, 5.74) is 0. The minimum absolute atomic E-state index is 0.907. The van der Waals surface area contributed by atoms with Crippen LogP contribution in [0, 0.1) is 0 Å². The highest BCUT2D eigenvalue weighted by atomic mass is 19.1. The number of hydrogen-bond acceptors (Lipinski definition) is 4. The van der Waals surface area contributed by atoms with Crippen LogP contribution < -0.4 is 0 Å². The van der Waals surface area contributed by atoms with E-state index >= 15 is 0 Å². The van der Waals surface area contributed by atoms with Crippen LogP contribution in [0.2, 0.25) is 0 Å². The zero-order valence-electron chi connectivity index (χ0n) is 5.14. The molecule has 0 bridgehead atoms. The molecule has 0 radical (unpaired) electrons. The standard InChI is InChI=1S/C5H9FO4/c6-1-2-3(7)4(8)5(9)10-2/h2-5,7-9H,1H2/t2-,3?,4?,5?/m1/s1. The molecule has 3 unspecified atom stereocenters. The molecule has 0 aromatic carbocycles. The van der Waals surface area contributed by atoms with Crippen LogP contribution in [-0.4, -0.2) is 46.6 Å². The zero-order chi connectivity index (χ0) is 7.72. The highest BCUT2D eigenvalue weighted by Gasteiger charge is 2.41. The topological polar surface area (TPSA) is 69.9 Å². The Morgan fingerprint density at radius 1 is 1.20 bits per heavy atom. The summed E-state index contributed by atoms with van der Waals surface area (Å²) in [7, 11) is 0. The number of ether oxygens (including phenoxy) is 1. The van der Waals surface area contributed by atoms with Crippen LogP contribution in [0.4, 0.5) is 4.39 Å². The molecule has 1 heterocycles. The van der Waals surface area contributed by atoms with Crippen molar-refractivity contribution >= 4 is 0 Å². The normalized spacial score (nSPS) is 48.0. The second-order valence-corrected chi connectivity index (χ2v) is 2.20. The van der Waals surface area contributed by atoms with E-state index < -0.39 is 31.3 Å². The third-order valence-corrected chi connectivity index (χ3v) is 1.49. The van der Waals surface area contributed by atoms with Gasteiger partial charge >= 0.3 is 0 Å². The van der Waals surface area contributed by atoms with E-state index in [0.29, 0.717) is 0 Å². The maximum atomic E-state index is 11.8. The lowest BCUT2D eigenvalue weighted by atomic mass is 10.1. The quantitative estimate of drug-likeness (QED) is 0.423. The average molecular weight is 152 g/mol. The maximum Gasteiger partial charge on any atom is 0.184 e. The molecule has 10 heavy (non-hydrogen) atoms. The number of alkyl halides is 1. The molecule has 60 valence electrons. The van der Waals surface area contributed by atoms with Crippen LogP contribution in [0.25, 0.3) is 0 Å². The predicted octanol–water partition coefficient (Wildman–Crippen LogP) is -1.61. The number of rotatable bonds is 1. The first-order chi connectivity index (χ1) is 4.66. The van der Waals surface area contributed by atoms with Crippen molar-refractivity contribution in [1.29, 1.82) is 0 Å². The molecule has 5 heteroatoms. The average Bonchev–Trinajstić information content (AvgIpc) is 2.17. The van der Waals surface area contributed by atoms with Gasteiger partial charge in [0.05, 0.1) is 0 Å². The molecule has 3 N–H and O–H groups in total. The second kappa shape index (κ2) is 2.79. The van der Waals surface area contributed by atoms with Crippen molar-refractivity contribution in [3.63, 3.8) is 0 Å². The van der Waals surface area contributed by atoms with Crippen molar-refractivity contribution in [3.8, 4) is 0 Å². The van der Waals surface area contributed by atoms with E-state index in [1.54, 1.807) is 0 Å². The van der Waals surface area contributed by atoms with Gasteiger partial charge in [-0.3, -0.25) is 0 Å².